The zero-order valence-corrected chi connectivity index (χ0v) is 16.1. The van der Waals surface area contributed by atoms with E-state index in [0.717, 1.165) is 6.42 Å². The van der Waals surface area contributed by atoms with Crippen LogP contribution in [0.5, 0.6) is 0 Å². The molecule has 3 aromatic rings. The lowest BCUT2D eigenvalue weighted by Crippen LogP contribution is -2.41. The summed E-state index contributed by atoms with van der Waals surface area (Å²) in [5.41, 5.74) is 1.55. The lowest BCUT2D eigenvalue weighted by atomic mass is 9.95. The first-order chi connectivity index (χ1) is 13.6. The molecule has 4 rings (SSSR count). The molecule has 2 N–H and O–H groups in total. The molecule has 0 spiro atoms. The first-order valence-corrected chi connectivity index (χ1v) is 9.92. The number of hydrogen-bond donors (Lipinski definition) is 2. The Balaban J connectivity index is 1.34. The molecule has 10 heteroatoms. The summed E-state index contributed by atoms with van der Waals surface area (Å²) in [6, 6.07) is 5.36. The molecule has 0 aliphatic carbocycles. The Labute approximate surface area is 164 Å². The first-order valence-electron chi connectivity index (χ1n) is 8.94. The minimum Gasteiger partial charge on any atom is -0.379 e. The smallest absolute Gasteiger partial charge is 0.274 e. The number of rotatable bonds is 6. The van der Waals surface area contributed by atoms with Crippen molar-refractivity contribution in [1.82, 2.24) is 29.9 Å². The van der Waals surface area contributed by atoms with Crippen molar-refractivity contribution in [2.75, 3.05) is 19.0 Å². The van der Waals surface area contributed by atoms with Crippen LogP contribution in [-0.2, 0) is 16.0 Å². The van der Waals surface area contributed by atoms with Crippen LogP contribution >= 0.6 is 11.8 Å². The van der Waals surface area contributed by atoms with Gasteiger partial charge in [-0.1, -0.05) is 11.8 Å². The van der Waals surface area contributed by atoms with Gasteiger partial charge in [0, 0.05) is 30.1 Å². The van der Waals surface area contributed by atoms with Gasteiger partial charge >= 0.3 is 0 Å². The van der Waals surface area contributed by atoms with Gasteiger partial charge in [0.05, 0.1) is 25.0 Å². The summed E-state index contributed by atoms with van der Waals surface area (Å²) in [5.74, 6) is 0.617. The van der Waals surface area contributed by atoms with Gasteiger partial charge in [0.25, 0.3) is 11.3 Å². The fraction of sp³-hybridized carbons (Fsp3) is 0.389. The number of thioether (sulfide) groups is 1. The summed E-state index contributed by atoms with van der Waals surface area (Å²) < 4.78 is 6.83. The number of aryl methyl sites for hydroxylation is 1. The molecule has 1 fully saturated rings. The molecule has 3 aromatic heterocycles. The largest absolute Gasteiger partial charge is 0.379 e. The standard InChI is InChI=1S/C18H20N6O3S/c1-11-6-16(26)24-17(20-11)22-18(23-24)28-10-15(25)21-14-9-27-8-13(14)7-12-2-4-19-5-3-12/h2-6,13-14H,7-10H2,1H3,(H,21,25)(H,20,22,23)/t13-,14-/m1/s1. The number of aromatic nitrogens is 5. The van der Waals surface area contributed by atoms with Crippen molar-refractivity contribution in [3.63, 3.8) is 0 Å². The number of carbonyl (C=O) groups is 1. The van der Waals surface area contributed by atoms with Crippen molar-refractivity contribution in [3.05, 3.63) is 52.2 Å². The number of nitrogens with zero attached hydrogens (tertiary/aromatic N) is 4. The van der Waals surface area contributed by atoms with E-state index in [0.29, 0.717) is 29.8 Å². The van der Waals surface area contributed by atoms with E-state index in [4.69, 9.17) is 4.74 Å². The molecule has 0 radical (unpaired) electrons. The van der Waals surface area contributed by atoms with Gasteiger partial charge in [0.15, 0.2) is 5.16 Å². The summed E-state index contributed by atoms with van der Waals surface area (Å²) in [4.78, 5) is 36.8. The Hall–Kier alpha value is -2.72. The zero-order valence-electron chi connectivity index (χ0n) is 15.3. The predicted molar refractivity (Wildman–Crippen MR) is 103 cm³/mol. The van der Waals surface area contributed by atoms with Crippen molar-refractivity contribution in [2.45, 2.75) is 24.5 Å². The second kappa shape index (κ2) is 8.11. The Bertz CT molecular complexity index is 1030. The number of amides is 1. The van der Waals surface area contributed by atoms with Gasteiger partial charge in [-0.15, -0.1) is 0 Å². The lowest BCUT2D eigenvalue weighted by Gasteiger charge is -2.19. The Morgan fingerprint density at radius 1 is 1.36 bits per heavy atom. The zero-order chi connectivity index (χ0) is 19.5. The van der Waals surface area contributed by atoms with Gasteiger partial charge in [-0.3, -0.25) is 19.7 Å². The number of nitrogens with one attached hydrogen (secondary N) is 2. The van der Waals surface area contributed by atoms with Crippen molar-refractivity contribution in [3.8, 4) is 0 Å². The number of aromatic amines is 1. The van der Waals surface area contributed by atoms with Gasteiger partial charge in [0.2, 0.25) is 5.91 Å². The summed E-state index contributed by atoms with van der Waals surface area (Å²) >= 11 is 1.23. The maximum atomic E-state index is 12.4. The second-order valence-corrected chi connectivity index (χ2v) is 7.68. The van der Waals surface area contributed by atoms with Gasteiger partial charge in [-0.05, 0) is 31.0 Å². The van der Waals surface area contributed by atoms with Crippen LogP contribution in [0.25, 0.3) is 5.78 Å². The van der Waals surface area contributed by atoms with Crippen molar-refractivity contribution in [2.24, 2.45) is 5.92 Å². The van der Waals surface area contributed by atoms with E-state index >= 15 is 0 Å². The molecule has 1 saturated heterocycles. The van der Waals surface area contributed by atoms with E-state index in [1.54, 1.807) is 19.3 Å². The molecule has 0 unspecified atom stereocenters. The molecule has 0 bridgehead atoms. The highest BCUT2D eigenvalue weighted by Gasteiger charge is 2.29. The number of hydrogen-bond acceptors (Lipinski definition) is 7. The third-order valence-corrected chi connectivity index (χ3v) is 5.43. The third kappa shape index (κ3) is 4.23. The molecule has 0 saturated carbocycles. The topological polar surface area (TPSA) is 114 Å². The van der Waals surface area contributed by atoms with Crippen LogP contribution in [0.3, 0.4) is 0 Å². The monoisotopic (exact) mass is 400 g/mol. The predicted octanol–water partition coefficient (Wildman–Crippen LogP) is 0.587. The molecule has 0 aromatic carbocycles. The number of fused-ring (bicyclic) bond motifs is 1. The summed E-state index contributed by atoms with van der Waals surface area (Å²) in [6.45, 7) is 2.87. The highest BCUT2D eigenvalue weighted by Crippen LogP contribution is 2.20. The van der Waals surface area contributed by atoms with Crippen LogP contribution in [0.2, 0.25) is 0 Å². The van der Waals surface area contributed by atoms with Gasteiger partial charge in [-0.2, -0.15) is 9.50 Å². The third-order valence-electron chi connectivity index (χ3n) is 4.57. The molecule has 146 valence electrons. The van der Waals surface area contributed by atoms with Crippen molar-refractivity contribution >= 4 is 23.4 Å². The number of ether oxygens (including phenoxy) is 1. The fourth-order valence-corrected chi connectivity index (χ4v) is 3.85. The molecule has 1 amide bonds. The van der Waals surface area contributed by atoms with E-state index < -0.39 is 0 Å². The Morgan fingerprint density at radius 3 is 3.00 bits per heavy atom. The van der Waals surface area contributed by atoms with Crippen molar-refractivity contribution in [1.29, 1.82) is 0 Å². The van der Waals surface area contributed by atoms with Gasteiger partial charge in [-0.25, -0.2) is 4.98 Å². The van der Waals surface area contributed by atoms with Gasteiger partial charge in [0.1, 0.15) is 0 Å². The van der Waals surface area contributed by atoms with E-state index in [-0.39, 0.29) is 29.2 Å². The minimum absolute atomic E-state index is 0.0242. The Morgan fingerprint density at radius 2 is 2.18 bits per heavy atom. The number of pyridine rings is 1. The molecule has 2 atom stereocenters. The van der Waals surface area contributed by atoms with Crippen LogP contribution in [0.1, 0.15) is 11.3 Å². The molecule has 4 heterocycles. The van der Waals surface area contributed by atoms with E-state index in [2.05, 4.69) is 25.4 Å². The normalized spacial score (nSPS) is 19.2. The maximum absolute atomic E-state index is 12.4. The van der Waals surface area contributed by atoms with Gasteiger partial charge < -0.3 is 10.1 Å². The lowest BCUT2D eigenvalue weighted by molar-refractivity contribution is -0.119. The average molecular weight is 400 g/mol. The maximum Gasteiger partial charge on any atom is 0.274 e. The SMILES string of the molecule is Cc1cc(=O)n2[nH]c(SCC(=O)N[C@@H]3COC[C@H]3Cc3ccncc3)nc2n1. The molecule has 9 nitrogen and oxygen atoms in total. The summed E-state index contributed by atoms with van der Waals surface area (Å²) in [7, 11) is 0. The van der Waals surface area contributed by atoms with E-state index in [1.165, 1.54) is 27.9 Å². The summed E-state index contributed by atoms with van der Waals surface area (Å²) in [6.07, 6.45) is 4.37. The highest BCUT2D eigenvalue weighted by atomic mass is 32.2. The van der Waals surface area contributed by atoms with Crippen LogP contribution in [0.15, 0.2) is 40.5 Å². The van der Waals surface area contributed by atoms with E-state index in [9.17, 15) is 9.59 Å². The fourth-order valence-electron chi connectivity index (χ4n) is 3.20. The molecular formula is C18H20N6O3S. The quantitative estimate of drug-likeness (QED) is 0.582. The van der Waals surface area contributed by atoms with Crippen LogP contribution in [-0.4, -0.2) is 55.5 Å². The number of H-pyrrole nitrogens is 1. The minimum atomic E-state index is -0.228. The summed E-state index contributed by atoms with van der Waals surface area (Å²) in [5, 5.41) is 6.39. The molecule has 28 heavy (non-hydrogen) atoms. The van der Waals surface area contributed by atoms with Crippen molar-refractivity contribution < 1.29 is 9.53 Å². The van der Waals surface area contributed by atoms with Crippen LogP contribution in [0, 0.1) is 12.8 Å². The highest BCUT2D eigenvalue weighted by molar-refractivity contribution is 7.99. The van der Waals surface area contributed by atoms with Crippen LogP contribution in [0.4, 0.5) is 0 Å². The molecule has 1 aliphatic rings. The number of carbonyl (C=O) groups excluding carboxylic acids is 1. The Kier molecular flexibility index (Phi) is 5.40. The second-order valence-electron chi connectivity index (χ2n) is 6.72. The van der Waals surface area contributed by atoms with E-state index in [1.807, 2.05) is 12.1 Å². The average Bonchev–Trinajstić information content (AvgIpc) is 3.28. The molecular weight excluding hydrogens is 380 g/mol. The van der Waals surface area contributed by atoms with Crippen LogP contribution < -0.4 is 10.9 Å². The first kappa shape index (κ1) is 18.6. The molecule has 1 aliphatic heterocycles.